The van der Waals surface area contributed by atoms with Gasteiger partial charge in [0.25, 0.3) is 5.56 Å². The van der Waals surface area contributed by atoms with Gasteiger partial charge in [-0.25, -0.2) is 0 Å². The smallest absolute Gasteiger partial charge is 0.255 e. The first-order valence-electron chi connectivity index (χ1n) is 8.89. The first kappa shape index (κ1) is 17.3. The molecule has 1 aliphatic rings. The molecule has 2 N–H and O–H groups in total. The van der Waals surface area contributed by atoms with Crippen molar-refractivity contribution in [1.29, 1.82) is 0 Å². The zero-order valence-electron chi connectivity index (χ0n) is 14.1. The standard InChI is InChI=1S/C19H25ClN2O2/c1-2-3-11-21-13-4-6-14(7-5-13)24-17-9-8-16-15(18(17)20)10-12-22-19(16)23/h8-10,12-14,21H,2-7,11H2,1H3,(H,22,23). The van der Waals surface area contributed by atoms with E-state index in [-0.39, 0.29) is 11.7 Å². The molecule has 0 saturated heterocycles. The molecule has 1 heterocycles. The second-order valence-electron chi connectivity index (χ2n) is 6.54. The van der Waals surface area contributed by atoms with E-state index in [1.807, 2.05) is 12.1 Å². The molecule has 1 saturated carbocycles. The van der Waals surface area contributed by atoms with E-state index in [1.54, 1.807) is 12.3 Å². The minimum absolute atomic E-state index is 0.125. The van der Waals surface area contributed by atoms with Gasteiger partial charge in [-0.3, -0.25) is 4.79 Å². The number of benzene rings is 1. The summed E-state index contributed by atoms with van der Waals surface area (Å²) in [5.41, 5.74) is -0.125. The second kappa shape index (κ2) is 8.04. The number of pyridine rings is 1. The highest BCUT2D eigenvalue weighted by atomic mass is 35.5. The molecule has 0 aliphatic heterocycles. The molecule has 0 atom stereocenters. The molecule has 0 spiro atoms. The molecule has 0 amide bonds. The van der Waals surface area contributed by atoms with Crippen LogP contribution in [0.25, 0.3) is 10.8 Å². The lowest BCUT2D eigenvalue weighted by atomic mass is 9.93. The summed E-state index contributed by atoms with van der Waals surface area (Å²) in [5, 5.41) is 5.50. The molecule has 0 unspecified atom stereocenters. The van der Waals surface area contributed by atoms with Crippen LogP contribution >= 0.6 is 11.6 Å². The lowest BCUT2D eigenvalue weighted by Gasteiger charge is -2.30. The summed E-state index contributed by atoms with van der Waals surface area (Å²) in [7, 11) is 0. The van der Waals surface area contributed by atoms with Gasteiger partial charge in [0.2, 0.25) is 0 Å². The van der Waals surface area contributed by atoms with E-state index in [4.69, 9.17) is 16.3 Å². The minimum atomic E-state index is -0.125. The summed E-state index contributed by atoms with van der Waals surface area (Å²) in [6.45, 7) is 3.32. The van der Waals surface area contributed by atoms with Crippen LogP contribution in [-0.2, 0) is 0 Å². The molecule has 3 rings (SSSR count). The largest absolute Gasteiger partial charge is 0.489 e. The zero-order chi connectivity index (χ0) is 16.9. The van der Waals surface area contributed by atoms with Crippen molar-refractivity contribution in [2.24, 2.45) is 0 Å². The molecule has 1 aromatic heterocycles. The Kier molecular flexibility index (Phi) is 5.80. The van der Waals surface area contributed by atoms with Crippen molar-refractivity contribution in [2.45, 2.75) is 57.6 Å². The third-order valence-electron chi connectivity index (χ3n) is 4.78. The Hall–Kier alpha value is -1.52. The number of ether oxygens (including phenoxy) is 1. The van der Waals surface area contributed by atoms with E-state index in [0.717, 1.165) is 37.6 Å². The highest BCUT2D eigenvalue weighted by molar-refractivity contribution is 6.37. The minimum Gasteiger partial charge on any atom is -0.489 e. The van der Waals surface area contributed by atoms with Crippen LogP contribution in [-0.4, -0.2) is 23.7 Å². The van der Waals surface area contributed by atoms with Gasteiger partial charge in [0, 0.05) is 23.0 Å². The predicted molar refractivity (Wildman–Crippen MR) is 99.2 cm³/mol. The predicted octanol–water partition coefficient (Wildman–Crippen LogP) is 4.26. The number of fused-ring (bicyclic) bond motifs is 1. The highest BCUT2D eigenvalue weighted by Crippen LogP contribution is 2.33. The van der Waals surface area contributed by atoms with E-state index in [1.165, 1.54) is 12.8 Å². The van der Waals surface area contributed by atoms with Crippen molar-refractivity contribution >= 4 is 22.4 Å². The lowest BCUT2D eigenvalue weighted by molar-refractivity contribution is 0.140. The average Bonchev–Trinajstić information content (AvgIpc) is 2.60. The van der Waals surface area contributed by atoms with Gasteiger partial charge in [-0.15, -0.1) is 0 Å². The molecule has 5 heteroatoms. The van der Waals surface area contributed by atoms with Crippen LogP contribution in [0, 0.1) is 0 Å². The molecule has 0 radical (unpaired) electrons. The number of nitrogens with one attached hydrogen (secondary N) is 2. The monoisotopic (exact) mass is 348 g/mol. The van der Waals surface area contributed by atoms with Crippen LogP contribution in [0.15, 0.2) is 29.2 Å². The summed E-state index contributed by atoms with van der Waals surface area (Å²) in [5.74, 6) is 0.678. The molecule has 1 aromatic carbocycles. The van der Waals surface area contributed by atoms with Crippen molar-refractivity contribution in [2.75, 3.05) is 6.54 Å². The van der Waals surface area contributed by atoms with Gasteiger partial charge < -0.3 is 15.0 Å². The number of aromatic amines is 1. The molecule has 130 valence electrons. The van der Waals surface area contributed by atoms with Crippen LogP contribution in [0.4, 0.5) is 0 Å². The molecular weight excluding hydrogens is 324 g/mol. The normalized spacial score (nSPS) is 21.1. The van der Waals surface area contributed by atoms with Crippen LogP contribution < -0.4 is 15.6 Å². The zero-order valence-corrected chi connectivity index (χ0v) is 14.9. The van der Waals surface area contributed by atoms with E-state index in [9.17, 15) is 4.79 Å². The maximum atomic E-state index is 11.8. The number of aromatic nitrogens is 1. The fraction of sp³-hybridized carbons (Fsp3) is 0.526. The Morgan fingerprint density at radius 2 is 2.00 bits per heavy atom. The highest BCUT2D eigenvalue weighted by Gasteiger charge is 2.23. The van der Waals surface area contributed by atoms with Crippen molar-refractivity contribution in [3.05, 3.63) is 39.8 Å². The van der Waals surface area contributed by atoms with Crippen molar-refractivity contribution < 1.29 is 4.74 Å². The topological polar surface area (TPSA) is 54.1 Å². The Labute approximate surface area is 147 Å². The summed E-state index contributed by atoms with van der Waals surface area (Å²) in [4.78, 5) is 14.5. The van der Waals surface area contributed by atoms with Gasteiger partial charge in [0.05, 0.1) is 11.1 Å². The summed E-state index contributed by atoms with van der Waals surface area (Å²) in [6.07, 6.45) is 8.63. The molecule has 4 nitrogen and oxygen atoms in total. The quantitative estimate of drug-likeness (QED) is 0.767. The van der Waals surface area contributed by atoms with Gasteiger partial charge in [-0.05, 0) is 56.8 Å². The van der Waals surface area contributed by atoms with Gasteiger partial charge >= 0.3 is 0 Å². The second-order valence-corrected chi connectivity index (χ2v) is 6.92. The Balaban J connectivity index is 1.62. The first-order chi connectivity index (χ1) is 11.7. The molecule has 0 bridgehead atoms. The number of hydrogen-bond acceptors (Lipinski definition) is 3. The average molecular weight is 349 g/mol. The fourth-order valence-electron chi connectivity index (χ4n) is 3.35. The maximum Gasteiger partial charge on any atom is 0.255 e. The van der Waals surface area contributed by atoms with Crippen LogP contribution in [0.2, 0.25) is 5.02 Å². The molecule has 24 heavy (non-hydrogen) atoms. The van der Waals surface area contributed by atoms with Crippen LogP contribution in [0.3, 0.4) is 0 Å². The molecular formula is C19H25ClN2O2. The van der Waals surface area contributed by atoms with E-state index in [0.29, 0.717) is 22.2 Å². The van der Waals surface area contributed by atoms with Crippen molar-refractivity contribution in [3.63, 3.8) is 0 Å². The lowest BCUT2D eigenvalue weighted by Crippen LogP contribution is -2.36. The van der Waals surface area contributed by atoms with Gasteiger partial charge in [0.1, 0.15) is 5.75 Å². The summed E-state index contributed by atoms with van der Waals surface area (Å²) < 4.78 is 6.14. The Bertz CT molecular complexity index is 736. The van der Waals surface area contributed by atoms with E-state index < -0.39 is 0 Å². The van der Waals surface area contributed by atoms with Crippen molar-refractivity contribution in [1.82, 2.24) is 10.3 Å². The van der Waals surface area contributed by atoms with Gasteiger partial charge in [0.15, 0.2) is 0 Å². The number of halogens is 1. The van der Waals surface area contributed by atoms with Crippen LogP contribution in [0.5, 0.6) is 5.75 Å². The number of hydrogen-bond donors (Lipinski definition) is 2. The first-order valence-corrected chi connectivity index (χ1v) is 9.26. The molecule has 2 aromatic rings. The number of rotatable bonds is 6. The Morgan fingerprint density at radius 1 is 1.21 bits per heavy atom. The Morgan fingerprint density at radius 3 is 2.75 bits per heavy atom. The van der Waals surface area contributed by atoms with Gasteiger partial charge in [-0.2, -0.15) is 0 Å². The summed E-state index contributed by atoms with van der Waals surface area (Å²) in [6, 6.07) is 6.03. The third kappa shape index (κ3) is 3.93. The van der Waals surface area contributed by atoms with E-state index >= 15 is 0 Å². The van der Waals surface area contributed by atoms with Crippen molar-refractivity contribution in [3.8, 4) is 5.75 Å². The van der Waals surface area contributed by atoms with Crippen LogP contribution in [0.1, 0.15) is 45.4 Å². The maximum absolute atomic E-state index is 11.8. The van der Waals surface area contributed by atoms with Gasteiger partial charge in [-0.1, -0.05) is 24.9 Å². The SMILES string of the molecule is CCCCNC1CCC(Oc2ccc3c(=O)[nH]ccc3c2Cl)CC1. The number of H-pyrrole nitrogens is 1. The summed E-state index contributed by atoms with van der Waals surface area (Å²) >= 11 is 6.46. The number of unbranched alkanes of at least 4 members (excludes halogenated alkanes) is 1. The fourth-order valence-corrected chi connectivity index (χ4v) is 3.62. The third-order valence-corrected chi connectivity index (χ3v) is 5.17. The molecule has 1 aliphatic carbocycles. The van der Waals surface area contributed by atoms with E-state index in [2.05, 4.69) is 17.2 Å². The molecule has 1 fully saturated rings.